The molecule has 0 radical (unpaired) electrons. The molecule has 2 aromatic carbocycles. The maximum atomic E-state index is 12.5. The van der Waals surface area contributed by atoms with E-state index in [0.717, 1.165) is 27.9 Å². The Morgan fingerprint density at radius 1 is 1.12 bits per heavy atom. The van der Waals surface area contributed by atoms with Crippen molar-refractivity contribution in [3.63, 3.8) is 0 Å². The molecule has 0 unspecified atom stereocenters. The van der Waals surface area contributed by atoms with Crippen molar-refractivity contribution in [1.82, 2.24) is 4.72 Å². The van der Waals surface area contributed by atoms with Gasteiger partial charge in [0.1, 0.15) is 0 Å². The van der Waals surface area contributed by atoms with Gasteiger partial charge < -0.3 is 4.90 Å². The van der Waals surface area contributed by atoms with Crippen LogP contribution in [0.3, 0.4) is 0 Å². The molecule has 0 fully saturated rings. The Hall–Kier alpha value is -2.18. The third-order valence-electron chi connectivity index (χ3n) is 4.39. The van der Waals surface area contributed by atoms with E-state index in [1.807, 2.05) is 32.0 Å². The fourth-order valence-corrected chi connectivity index (χ4v) is 3.97. The average Bonchev–Trinajstić information content (AvgIpc) is 2.81. The van der Waals surface area contributed by atoms with E-state index in [1.54, 1.807) is 24.1 Å². The number of fused-ring (bicyclic) bond motifs is 1. The monoisotopic (exact) mass is 344 g/mol. The Morgan fingerprint density at radius 3 is 2.58 bits per heavy atom. The zero-order valence-corrected chi connectivity index (χ0v) is 14.8. The minimum Gasteiger partial charge on any atom is -0.315 e. The summed E-state index contributed by atoms with van der Waals surface area (Å²) >= 11 is 0. The first-order valence-corrected chi connectivity index (χ1v) is 9.21. The molecule has 1 aliphatic rings. The number of hydrogen-bond donors (Lipinski definition) is 1. The van der Waals surface area contributed by atoms with Gasteiger partial charge in [-0.1, -0.05) is 23.8 Å². The lowest BCUT2D eigenvalue weighted by Gasteiger charge is -2.12. The highest BCUT2D eigenvalue weighted by Gasteiger charge is 2.26. The van der Waals surface area contributed by atoms with Crippen LogP contribution in [0.2, 0.25) is 0 Å². The van der Waals surface area contributed by atoms with Gasteiger partial charge in [0.25, 0.3) is 0 Å². The summed E-state index contributed by atoms with van der Waals surface area (Å²) in [6, 6.07) is 10.7. The Kier molecular flexibility index (Phi) is 4.19. The Labute approximate surface area is 142 Å². The summed E-state index contributed by atoms with van der Waals surface area (Å²) in [5, 5.41) is 0. The predicted molar refractivity (Wildman–Crippen MR) is 93.5 cm³/mol. The second-order valence-electron chi connectivity index (χ2n) is 6.17. The molecule has 0 aromatic heterocycles. The molecule has 0 saturated carbocycles. The topological polar surface area (TPSA) is 66.5 Å². The number of anilines is 1. The third-order valence-corrected chi connectivity index (χ3v) is 5.79. The van der Waals surface area contributed by atoms with E-state index in [1.165, 1.54) is 6.07 Å². The summed E-state index contributed by atoms with van der Waals surface area (Å²) in [6.45, 7) is 4.21. The van der Waals surface area contributed by atoms with E-state index in [9.17, 15) is 13.2 Å². The number of aryl methyl sites for hydroxylation is 2. The molecule has 0 bridgehead atoms. The van der Waals surface area contributed by atoms with Crippen molar-refractivity contribution in [3.8, 4) is 0 Å². The highest BCUT2D eigenvalue weighted by Crippen LogP contribution is 2.29. The van der Waals surface area contributed by atoms with Crippen LogP contribution in [0.25, 0.3) is 0 Å². The number of carbonyl (C=O) groups is 1. The Bertz CT molecular complexity index is 920. The van der Waals surface area contributed by atoms with Crippen LogP contribution in [-0.2, 0) is 27.8 Å². The van der Waals surface area contributed by atoms with Gasteiger partial charge in [-0.15, -0.1) is 0 Å². The van der Waals surface area contributed by atoms with Crippen molar-refractivity contribution in [2.45, 2.75) is 31.7 Å². The van der Waals surface area contributed by atoms with Crippen molar-refractivity contribution in [1.29, 1.82) is 0 Å². The van der Waals surface area contributed by atoms with Crippen LogP contribution in [0.4, 0.5) is 5.69 Å². The molecular weight excluding hydrogens is 324 g/mol. The fraction of sp³-hybridized carbons (Fsp3) is 0.278. The largest absolute Gasteiger partial charge is 0.315 e. The third kappa shape index (κ3) is 3.07. The Balaban J connectivity index is 1.81. The van der Waals surface area contributed by atoms with Crippen LogP contribution in [0, 0.1) is 13.8 Å². The van der Waals surface area contributed by atoms with Crippen molar-refractivity contribution < 1.29 is 13.2 Å². The number of amides is 1. The van der Waals surface area contributed by atoms with Crippen LogP contribution < -0.4 is 9.62 Å². The highest BCUT2D eigenvalue weighted by molar-refractivity contribution is 7.89. The van der Waals surface area contributed by atoms with Gasteiger partial charge >= 0.3 is 0 Å². The molecule has 1 heterocycles. The minimum absolute atomic E-state index is 0.0252. The van der Waals surface area contributed by atoms with Crippen molar-refractivity contribution in [3.05, 3.63) is 58.7 Å². The molecule has 1 aliphatic heterocycles. The first-order chi connectivity index (χ1) is 11.3. The molecule has 3 rings (SSSR count). The molecule has 5 nitrogen and oxygen atoms in total. The summed E-state index contributed by atoms with van der Waals surface area (Å²) in [7, 11) is -1.93. The number of sulfonamides is 1. The zero-order chi connectivity index (χ0) is 17.5. The van der Waals surface area contributed by atoms with Gasteiger partial charge in [-0.3, -0.25) is 4.79 Å². The summed E-state index contributed by atoms with van der Waals surface area (Å²) in [5.74, 6) is -0.0252. The van der Waals surface area contributed by atoms with Gasteiger partial charge in [-0.05, 0) is 48.7 Å². The summed E-state index contributed by atoms with van der Waals surface area (Å²) < 4.78 is 27.7. The Morgan fingerprint density at radius 2 is 1.88 bits per heavy atom. The van der Waals surface area contributed by atoms with Crippen molar-refractivity contribution >= 4 is 21.6 Å². The molecule has 1 amide bonds. The molecule has 126 valence electrons. The van der Waals surface area contributed by atoms with Crippen molar-refractivity contribution in [2.24, 2.45) is 0 Å². The smallest absolute Gasteiger partial charge is 0.240 e. The average molecular weight is 344 g/mol. The van der Waals surface area contributed by atoms with Crippen LogP contribution in [0.5, 0.6) is 0 Å². The quantitative estimate of drug-likeness (QED) is 0.925. The molecule has 24 heavy (non-hydrogen) atoms. The molecule has 0 spiro atoms. The van der Waals surface area contributed by atoms with Gasteiger partial charge in [0, 0.05) is 19.3 Å². The maximum absolute atomic E-state index is 12.5. The van der Waals surface area contributed by atoms with Gasteiger partial charge in [0.2, 0.25) is 15.9 Å². The molecule has 2 aromatic rings. The lowest BCUT2D eigenvalue weighted by molar-refractivity contribution is -0.117. The lowest BCUT2D eigenvalue weighted by atomic mass is 10.1. The van der Waals surface area contributed by atoms with Gasteiger partial charge in [-0.25, -0.2) is 13.1 Å². The maximum Gasteiger partial charge on any atom is 0.240 e. The normalized spacial score (nSPS) is 14.1. The van der Waals surface area contributed by atoms with Gasteiger partial charge in [-0.2, -0.15) is 0 Å². The first-order valence-electron chi connectivity index (χ1n) is 7.73. The number of carbonyl (C=O) groups excluding carboxylic acids is 1. The van der Waals surface area contributed by atoms with Crippen LogP contribution in [0.1, 0.15) is 22.3 Å². The van der Waals surface area contributed by atoms with E-state index in [-0.39, 0.29) is 23.8 Å². The van der Waals surface area contributed by atoms with Crippen LogP contribution in [-0.4, -0.2) is 21.4 Å². The number of hydrogen-bond acceptors (Lipinski definition) is 3. The van der Waals surface area contributed by atoms with E-state index in [2.05, 4.69) is 4.72 Å². The van der Waals surface area contributed by atoms with E-state index in [0.29, 0.717) is 0 Å². The number of nitrogens with one attached hydrogen (secondary N) is 1. The second-order valence-corrected chi connectivity index (χ2v) is 7.94. The van der Waals surface area contributed by atoms with E-state index >= 15 is 0 Å². The molecular formula is C18H20N2O3S. The second kappa shape index (κ2) is 6.03. The van der Waals surface area contributed by atoms with Crippen LogP contribution >= 0.6 is 0 Å². The van der Waals surface area contributed by atoms with E-state index in [4.69, 9.17) is 0 Å². The SMILES string of the molecule is Cc1ccc(CNS(=O)(=O)c2ccc3c(c2)CC(=O)N3C)c(C)c1. The predicted octanol–water partition coefficient (Wildman–Crippen LogP) is 2.30. The summed E-state index contributed by atoms with van der Waals surface area (Å²) in [4.78, 5) is 13.5. The lowest BCUT2D eigenvalue weighted by Crippen LogP contribution is -2.23. The van der Waals surface area contributed by atoms with Gasteiger partial charge in [0.15, 0.2) is 0 Å². The molecule has 1 N–H and O–H groups in total. The van der Waals surface area contributed by atoms with E-state index < -0.39 is 10.0 Å². The zero-order valence-electron chi connectivity index (χ0n) is 14.0. The fourth-order valence-electron chi connectivity index (χ4n) is 2.91. The van der Waals surface area contributed by atoms with Crippen molar-refractivity contribution in [2.75, 3.05) is 11.9 Å². The van der Waals surface area contributed by atoms with Crippen LogP contribution in [0.15, 0.2) is 41.3 Å². The first kappa shape index (κ1) is 16.7. The number of benzene rings is 2. The molecule has 0 atom stereocenters. The number of nitrogens with zero attached hydrogens (tertiary/aromatic N) is 1. The van der Waals surface area contributed by atoms with Gasteiger partial charge in [0.05, 0.1) is 11.3 Å². The summed E-state index contributed by atoms with van der Waals surface area (Å²) in [5.41, 5.74) is 4.66. The summed E-state index contributed by atoms with van der Waals surface area (Å²) in [6.07, 6.45) is 0.242. The number of likely N-dealkylation sites (N-methyl/N-ethyl adjacent to an activating group) is 1. The molecule has 0 saturated heterocycles. The molecule has 6 heteroatoms. The highest BCUT2D eigenvalue weighted by atomic mass is 32.2. The standard InChI is InChI=1S/C18H20N2O3S/c1-12-4-5-14(13(2)8-12)11-19-24(22,23)16-6-7-17-15(9-16)10-18(21)20(17)3/h4-9,19H,10-11H2,1-3H3. The number of rotatable bonds is 4. The molecule has 0 aliphatic carbocycles. The minimum atomic E-state index is -3.62.